The van der Waals surface area contributed by atoms with E-state index in [1.54, 1.807) is 27.4 Å². The fourth-order valence-electron chi connectivity index (χ4n) is 1.59. The molecule has 4 nitrogen and oxygen atoms in total. The van der Waals surface area contributed by atoms with Gasteiger partial charge in [0.1, 0.15) is 5.75 Å². The van der Waals surface area contributed by atoms with E-state index in [9.17, 15) is 0 Å². The Morgan fingerprint density at radius 3 is 2.06 bits per heavy atom. The molecule has 2 N–H and O–H groups in total. The molecule has 0 amide bonds. The maximum absolute atomic E-state index is 6.07. The van der Waals surface area contributed by atoms with Crippen LogP contribution in [0.2, 0.25) is 5.02 Å². The lowest BCUT2D eigenvalue weighted by molar-refractivity contribution is 0.341. The zero-order valence-corrected chi connectivity index (χ0v) is 10.6. The normalized spacial score (nSPS) is 12.1. The van der Waals surface area contributed by atoms with E-state index in [-0.39, 0.29) is 6.04 Å². The number of hydrogen-bond acceptors (Lipinski definition) is 4. The van der Waals surface area contributed by atoms with Crippen molar-refractivity contribution in [3.05, 3.63) is 16.7 Å². The van der Waals surface area contributed by atoms with Crippen molar-refractivity contribution < 1.29 is 14.2 Å². The summed E-state index contributed by atoms with van der Waals surface area (Å²) in [5, 5.41) is 0.451. The van der Waals surface area contributed by atoms with Crippen LogP contribution < -0.4 is 19.9 Å². The third-order valence-corrected chi connectivity index (χ3v) is 2.55. The number of rotatable bonds is 4. The molecule has 0 saturated heterocycles. The van der Waals surface area contributed by atoms with Gasteiger partial charge in [-0.25, -0.2) is 0 Å². The van der Waals surface area contributed by atoms with Gasteiger partial charge in [-0.15, -0.1) is 0 Å². The minimum absolute atomic E-state index is 0.266. The first kappa shape index (κ1) is 12.9. The van der Waals surface area contributed by atoms with Gasteiger partial charge in [0.2, 0.25) is 0 Å². The van der Waals surface area contributed by atoms with E-state index >= 15 is 0 Å². The van der Waals surface area contributed by atoms with Gasteiger partial charge in [0, 0.05) is 12.1 Å². The topological polar surface area (TPSA) is 53.7 Å². The van der Waals surface area contributed by atoms with Crippen molar-refractivity contribution in [2.75, 3.05) is 21.3 Å². The third kappa shape index (κ3) is 2.18. The van der Waals surface area contributed by atoms with Crippen molar-refractivity contribution in [3.63, 3.8) is 0 Å². The van der Waals surface area contributed by atoms with Crippen LogP contribution in [-0.4, -0.2) is 21.3 Å². The predicted octanol–water partition coefficient (Wildman–Crippen LogP) is 2.39. The Labute approximate surface area is 100 Å². The minimum Gasteiger partial charge on any atom is -0.495 e. The summed E-state index contributed by atoms with van der Waals surface area (Å²) in [6, 6.07) is 1.38. The van der Waals surface area contributed by atoms with E-state index < -0.39 is 0 Å². The van der Waals surface area contributed by atoms with Crippen molar-refractivity contribution in [2.24, 2.45) is 5.73 Å². The van der Waals surface area contributed by atoms with Gasteiger partial charge in [-0.1, -0.05) is 11.6 Å². The van der Waals surface area contributed by atoms with Gasteiger partial charge in [-0.2, -0.15) is 0 Å². The second-order valence-corrected chi connectivity index (χ2v) is 3.74. The van der Waals surface area contributed by atoms with E-state index in [1.807, 2.05) is 6.92 Å². The highest BCUT2D eigenvalue weighted by Gasteiger charge is 2.22. The highest BCUT2D eigenvalue weighted by Crippen LogP contribution is 2.44. The maximum atomic E-state index is 6.07. The monoisotopic (exact) mass is 245 g/mol. The smallest absolute Gasteiger partial charge is 0.169 e. The van der Waals surface area contributed by atoms with E-state index in [2.05, 4.69) is 0 Å². The van der Waals surface area contributed by atoms with Gasteiger partial charge in [0.25, 0.3) is 0 Å². The van der Waals surface area contributed by atoms with Crippen LogP contribution in [0.15, 0.2) is 6.07 Å². The first-order valence-electron chi connectivity index (χ1n) is 4.80. The van der Waals surface area contributed by atoms with Crippen LogP contribution in [0, 0.1) is 0 Å². The Bertz CT molecular complexity index is 380. The molecule has 0 radical (unpaired) electrons. The second-order valence-electron chi connectivity index (χ2n) is 3.33. The summed E-state index contributed by atoms with van der Waals surface area (Å²) in [4.78, 5) is 0. The van der Waals surface area contributed by atoms with Crippen LogP contribution in [0.1, 0.15) is 18.5 Å². The molecule has 0 aliphatic carbocycles. The molecular formula is C11H16ClNO3. The maximum Gasteiger partial charge on any atom is 0.169 e. The van der Waals surface area contributed by atoms with Crippen LogP contribution in [0.4, 0.5) is 0 Å². The van der Waals surface area contributed by atoms with Crippen molar-refractivity contribution in [1.29, 1.82) is 0 Å². The first-order chi connectivity index (χ1) is 7.56. The molecule has 90 valence electrons. The molecule has 0 aromatic heterocycles. The summed E-state index contributed by atoms with van der Waals surface area (Å²) in [5.74, 6) is 1.62. The van der Waals surface area contributed by atoms with E-state index in [1.165, 1.54) is 0 Å². The van der Waals surface area contributed by atoms with Crippen molar-refractivity contribution in [3.8, 4) is 17.2 Å². The number of hydrogen-bond donors (Lipinski definition) is 1. The van der Waals surface area contributed by atoms with Gasteiger partial charge in [0.15, 0.2) is 11.5 Å². The van der Waals surface area contributed by atoms with Crippen LogP contribution in [-0.2, 0) is 0 Å². The quantitative estimate of drug-likeness (QED) is 0.885. The van der Waals surface area contributed by atoms with Gasteiger partial charge in [-0.05, 0) is 6.92 Å². The highest BCUT2D eigenvalue weighted by atomic mass is 35.5. The highest BCUT2D eigenvalue weighted by molar-refractivity contribution is 6.32. The number of ether oxygens (including phenoxy) is 3. The van der Waals surface area contributed by atoms with Gasteiger partial charge < -0.3 is 19.9 Å². The fourth-order valence-corrected chi connectivity index (χ4v) is 1.87. The lowest BCUT2D eigenvalue weighted by atomic mass is 10.1. The Kier molecular flexibility index (Phi) is 4.26. The molecule has 0 heterocycles. The Morgan fingerprint density at radius 2 is 1.69 bits per heavy atom. The third-order valence-electron chi connectivity index (χ3n) is 2.27. The molecule has 1 atom stereocenters. The summed E-state index contributed by atoms with van der Waals surface area (Å²) in [5.41, 5.74) is 6.59. The van der Waals surface area contributed by atoms with Crippen LogP contribution in [0.5, 0.6) is 17.2 Å². The molecule has 1 rings (SSSR count). The predicted molar refractivity (Wildman–Crippen MR) is 63.7 cm³/mol. The molecule has 1 aromatic carbocycles. The standard InChI is InChI=1S/C11H16ClNO3/c1-6(13)9-10(15-3)7(12)5-8(14-2)11(9)16-4/h5-6H,13H2,1-4H3. The fraction of sp³-hybridized carbons (Fsp3) is 0.455. The Hall–Kier alpha value is -1.13. The van der Waals surface area contributed by atoms with Crippen molar-refractivity contribution in [2.45, 2.75) is 13.0 Å². The van der Waals surface area contributed by atoms with Crippen molar-refractivity contribution >= 4 is 11.6 Å². The molecule has 0 saturated carbocycles. The Morgan fingerprint density at radius 1 is 1.12 bits per heavy atom. The summed E-state index contributed by atoms with van der Waals surface area (Å²) in [6.45, 7) is 1.83. The molecule has 16 heavy (non-hydrogen) atoms. The van der Waals surface area contributed by atoms with Crippen LogP contribution >= 0.6 is 11.6 Å². The van der Waals surface area contributed by atoms with Gasteiger partial charge in [0.05, 0.1) is 31.9 Å². The summed E-state index contributed by atoms with van der Waals surface area (Å²) < 4.78 is 15.7. The Balaban J connectivity index is 3.53. The zero-order valence-electron chi connectivity index (χ0n) is 9.83. The van der Waals surface area contributed by atoms with E-state index in [4.69, 9.17) is 31.5 Å². The van der Waals surface area contributed by atoms with E-state index in [0.29, 0.717) is 27.8 Å². The lowest BCUT2D eigenvalue weighted by Gasteiger charge is -2.19. The average molecular weight is 246 g/mol. The zero-order chi connectivity index (χ0) is 12.3. The molecule has 0 aliphatic heterocycles. The van der Waals surface area contributed by atoms with Crippen LogP contribution in [0.25, 0.3) is 0 Å². The largest absolute Gasteiger partial charge is 0.495 e. The minimum atomic E-state index is -0.266. The summed E-state index contributed by atoms with van der Waals surface area (Å²) in [6.07, 6.45) is 0. The SMILES string of the molecule is COc1cc(Cl)c(OC)c(C(C)N)c1OC. The molecule has 5 heteroatoms. The van der Waals surface area contributed by atoms with Gasteiger partial charge >= 0.3 is 0 Å². The average Bonchev–Trinajstić information content (AvgIpc) is 2.27. The number of methoxy groups -OCH3 is 3. The van der Waals surface area contributed by atoms with Gasteiger partial charge in [-0.3, -0.25) is 0 Å². The van der Waals surface area contributed by atoms with Crippen molar-refractivity contribution in [1.82, 2.24) is 0 Å². The molecular weight excluding hydrogens is 230 g/mol. The molecule has 0 aliphatic rings. The summed E-state index contributed by atoms with van der Waals surface area (Å²) >= 11 is 6.07. The summed E-state index contributed by atoms with van der Waals surface area (Å²) in [7, 11) is 4.64. The van der Waals surface area contributed by atoms with E-state index in [0.717, 1.165) is 0 Å². The molecule has 0 bridgehead atoms. The van der Waals surface area contributed by atoms with Crippen LogP contribution in [0.3, 0.4) is 0 Å². The molecule has 0 spiro atoms. The second kappa shape index (κ2) is 5.27. The lowest BCUT2D eigenvalue weighted by Crippen LogP contribution is -2.10. The number of halogens is 1. The molecule has 1 aromatic rings. The first-order valence-corrected chi connectivity index (χ1v) is 5.18. The number of benzene rings is 1. The molecule has 1 unspecified atom stereocenters. The molecule has 0 fully saturated rings. The number of nitrogens with two attached hydrogens (primary N) is 1.